The first-order valence-corrected chi connectivity index (χ1v) is 0. The summed E-state index contributed by atoms with van der Waals surface area (Å²) in [5, 5.41) is 0. The largest absolute Gasteiger partial charge is 0.0125 e. The van der Waals surface area contributed by atoms with Gasteiger partial charge in [0.2, 0.25) is 0 Å². The molecule has 0 bridgehead atoms. The summed E-state index contributed by atoms with van der Waals surface area (Å²) in [6.45, 7) is 0. The van der Waals surface area contributed by atoms with Gasteiger partial charge in [0, 0.05) is 92.7 Å². The molecule has 5 heteroatoms. The molecule has 0 heterocycles. The van der Waals surface area contributed by atoms with Crippen LogP contribution in [0.1, 0.15) is 0 Å². The third-order valence-electron chi connectivity index (χ3n) is 0. The molecule has 0 saturated heterocycles. The summed E-state index contributed by atoms with van der Waals surface area (Å²) in [6.07, 6.45) is 0. The zero-order chi connectivity index (χ0) is 0. The van der Waals surface area contributed by atoms with Crippen molar-refractivity contribution in [3.63, 3.8) is 0 Å². The fourth-order valence-electron chi connectivity index (χ4n) is 0. The Bertz CT molecular complexity index is 11.6. The summed E-state index contributed by atoms with van der Waals surface area (Å²) >= 11 is 0. The maximum absolute atomic E-state index is 0. The SMILES string of the molecule is [Nb].[SiH3].[Ta].[Ti].[Zr]. The average molecular weight is 444 g/mol. The third kappa shape index (κ3) is 18.8. The second-order valence-corrected chi connectivity index (χ2v) is 0. The Morgan fingerprint density at radius 2 is 1.00 bits per heavy atom. The Labute approximate surface area is 102 Å². The molecule has 0 spiro atoms. The van der Waals surface area contributed by atoms with Gasteiger partial charge in [-0.25, -0.2) is 0 Å². The first kappa shape index (κ1) is 40.7. The topological polar surface area (TPSA) is 0 Å². The van der Waals surface area contributed by atoms with Gasteiger partial charge in [-0.3, -0.25) is 0 Å². The number of hydrogen-bond acceptors (Lipinski definition) is 0. The van der Waals surface area contributed by atoms with Gasteiger partial charge in [-0.1, -0.05) is 0 Å². The van der Waals surface area contributed by atoms with E-state index >= 15 is 0 Å². The van der Waals surface area contributed by atoms with E-state index in [0.717, 1.165) is 0 Å². The van der Waals surface area contributed by atoms with Gasteiger partial charge in [0.25, 0.3) is 0 Å². The van der Waals surface area contributed by atoms with E-state index in [1.54, 1.807) is 0 Å². The van der Waals surface area contributed by atoms with Crippen molar-refractivity contribution in [2.24, 2.45) is 0 Å². The van der Waals surface area contributed by atoms with Crippen LogP contribution in [0, 0.1) is 0 Å². The Morgan fingerprint density at radius 3 is 1.00 bits per heavy atom. The van der Waals surface area contributed by atoms with E-state index in [-0.39, 0.29) is 104 Å². The van der Waals surface area contributed by atoms with Crippen molar-refractivity contribution < 1.29 is 92.7 Å². The fraction of sp³-hybridized carbons (Fsp3) is 0. The first-order valence-electron chi connectivity index (χ1n) is 0. The van der Waals surface area contributed by atoms with E-state index in [1.165, 1.54) is 0 Å². The first-order chi connectivity index (χ1) is 0. The van der Waals surface area contributed by atoms with Crippen LogP contribution in [0.4, 0.5) is 0 Å². The van der Waals surface area contributed by atoms with Crippen molar-refractivity contribution in [2.75, 3.05) is 0 Å². The maximum Gasteiger partial charge on any atom is 0 e. The van der Waals surface area contributed by atoms with Crippen LogP contribution in [0.25, 0.3) is 0 Å². The van der Waals surface area contributed by atoms with E-state index < -0.39 is 0 Å². The minimum absolute atomic E-state index is 0. The van der Waals surface area contributed by atoms with Crippen molar-refractivity contribution >= 4 is 11.0 Å². The van der Waals surface area contributed by atoms with Crippen molar-refractivity contribution in [3.8, 4) is 0 Å². The van der Waals surface area contributed by atoms with Crippen LogP contribution in [0.3, 0.4) is 0 Å². The van der Waals surface area contributed by atoms with Crippen LogP contribution >= 0.6 is 0 Å². The molecule has 0 aromatic carbocycles. The summed E-state index contributed by atoms with van der Waals surface area (Å²) in [7, 11) is 0. The van der Waals surface area contributed by atoms with Crippen molar-refractivity contribution in [2.45, 2.75) is 0 Å². The third-order valence-corrected chi connectivity index (χ3v) is 0. The van der Waals surface area contributed by atoms with E-state index in [0.29, 0.717) is 0 Å². The Hall–Kier alpha value is 3.29. The normalized spacial score (nSPS) is 0. The molecule has 0 saturated carbocycles. The fourth-order valence-corrected chi connectivity index (χ4v) is 0. The molecular formula is H3NbSiTaTiZr. The second-order valence-electron chi connectivity index (χ2n) is 0. The van der Waals surface area contributed by atoms with Gasteiger partial charge in [-0.2, -0.15) is 0 Å². The van der Waals surface area contributed by atoms with Crippen LogP contribution in [-0.2, 0) is 92.7 Å². The Kier molecular flexibility index (Phi) is 217. The van der Waals surface area contributed by atoms with Gasteiger partial charge in [-0.15, -0.1) is 0 Å². The molecular weight excluding hydrogens is 441 g/mol. The zero-order valence-corrected chi connectivity index (χ0v) is 14.3. The Balaban J connectivity index is 0. The minimum Gasteiger partial charge on any atom is -0.0125 e. The minimum atomic E-state index is 0. The average Bonchev–Trinajstić information content (AvgIpc) is 0. The summed E-state index contributed by atoms with van der Waals surface area (Å²) < 4.78 is 0. The van der Waals surface area contributed by atoms with Crippen LogP contribution in [0.5, 0.6) is 0 Å². The zero-order valence-electron chi connectivity index (χ0n) is 2.89. The van der Waals surface area contributed by atoms with Crippen molar-refractivity contribution in [1.29, 1.82) is 0 Å². The number of rotatable bonds is 0. The van der Waals surface area contributed by atoms with Crippen LogP contribution in [-0.4, -0.2) is 11.0 Å². The molecule has 0 nitrogen and oxygen atoms in total. The van der Waals surface area contributed by atoms with Gasteiger partial charge < -0.3 is 0 Å². The molecule has 0 aliphatic rings. The molecule has 0 fully saturated rings. The quantitative estimate of drug-likeness (QED) is 0.413. The maximum atomic E-state index is 0. The summed E-state index contributed by atoms with van der Waals surface area (Å²) in [5.74, 6) is 0. The molecule has 25 valence electrons. The monoisotopic (exact) mass is 443 g/mol. The van der Waals surface area contributed by atoms with E-state index in [1.807, 2.05) is 0 Å². The molecule has 0 N–H and O–H groups in total. The molecule has 0 aromatic rings. The predicted octanol–water partition coefficient (Wildman–Crippen LogP) is -1.19. The molecule has 0 unspecified atom stereocenters. The van der Waals surface area contributed by atoms with E-state index in [2.05, 4.69) is 0 Å². The summed E-state index contributed by atoms with van der Waals surface area (Å²) in [4.78, 5) is 0. The van der Waals surface area contributed by atoms with Gasteiger partial charge in [0.1, 0.15) is 0 Å². The second kappa shape index (κ2) is 26.6. The van der Waals surface area contributed by atoms with Crippen LogP contribution in [0.15, 0.2) is 0 Å². The van der Waals surface area contributed by atoms with Gasteiger partial charge in [0.15, 0.2) is 0 Å². The van der Waals surface area contributed by atoms with Gasteiger partial charge in [-0.05, 0) is 11.0 Å². The van der Waals surface area contributed by atoms with Crippen LogP contribution in [0.2, 0.25) is 0 Å². The van der Waals surface area contributed by atoms with Crippen molar-refractivity contribution in [3.05, 3.63) is 0 Å². The smallest absolute Gasteiger partial charge is 0 e. The summed E-state index contributed by atoms with van der Waals surface area (Å²) in [6, 6.07) is 0. The molecule has 0 aromatic heterocycles. The molecule has 0 aliphatic heterocycles. The molecule has 0 aliphatic carbocycles. The molecule has 3 radical (unpaired) electrons. The molecule has 0 amide bonds. The molecule has 0 atom stereocenters. The van der Waals surface area contributed by atoms with E-state index in [4.69, 9.17) is 0 Å². The number of hydrogen-bond donors (Lipinski definition) is 0. The van der Waals surface area contributed by atoms with Gasteiger partial charge in [0.05, 0.1) is 0 Å². The standard InChI is InChI=1S/Nb.H3Si.Ta.Ti.Zr/h;1H3;;;. The molecule has 0 rings (SSSR count). The predicted molar refractivity (Wildman–Crippen MR) is 9.94 cm³/mol. The van der Waals surface area contributed by atoms with Crippen molar-refractivity contribution in [1.82, 2.24) is 0 Å². The van der Waals surface area contributed by atoms with Gasteiger partial charge >= 0.3 is 0 Å². The van der Waals surface area contributed by atoms with E-state index in [9.17, 15) is 0 Å². The molecule has 5 heavy (non-hydrogen) atoms. The van der Waals surface area contributed by atoms with Crippen LogP contribution < -0.4 is 0 Å². The Morgan fingerprint density at radius 1 is 1.00 bits per heavy atom. The summed E-state index contributed by atoms with van der Waals surface area (Å²) in [5.41, 5.74) is 0.